The van der Waals surface area contributed by atoms with E-state index in [1.807, 2.05) is 0 Å². The third-order valence-corrected chi connectivity index (χ3v) is 3.74. The Balaban J connectivity index is 1.93. The van der Waals surface area contributed by atoms with Crippen molar-refractivity contribution in [3.8, 4) is 11.5 Å². The van der Waals surface area contributed by atoms with Gasteiger partial charge in [-0.25, -0.2) is 4.98 Å². The zero-order valence-electron chi connectivity index (χ0n) is 14.0. The normalized spacial score (nSPS) is 11.2. The van der Waals surface area contributed by atoms with Crippen LogP contribution in [0.15, 0.2) is 53.6 Å². The first-order valence-electron chi connectivity index (χ1n) is 7.86. The lowest BCUT2D eigenvalue weighted by atomic mass is 10.1. The number of alkyl halides is 4. The van der Waals surface area contributed by atoms with Gasteiger partial charge in [0.25, 0.3) is 5.56 Å². The maximum Gasteiger partial charge on any atom is 0.387 e. The van der Waals surface area contributed by atoms with Gasteiger partial charge in [0, 0.05) is 6.07 Å². The summed E-state index contributed by atoms with van der Waals surface area (Å²) >= 11 is 0. The van der Waals surface area contributed by atoms with Crippen LogP contribution in [0.25, 0.3) is 10.9 Å². The monoisotopic (exact) mass is 396 g/mol. The third kappa shape index (κ3) is 4.27. The number of ether oxygens (including phenoxy) is 2. The Hall–Kier alpha value is -3.43. The number of rotatable bonds is 7. The summed E-state index contributed by atoms with van der Waals surface area (Å²) < 4.78 is 59.3. The smallest absolute Gasteiger partial charge is 0.387 e. The van der Waals surface area contributed by atoms with E-state index in [9.17, 15) is 27.2 Å². The molecule has 0 aliphatic rings. The highest BCUT2D eigenvalue weighted by atomic mass is 19.3. The molecular formula is C18H12F4N2O4. The van der Waals surface area contributed by atoms with Crippen LogP contribution in [0.5, 0.6) is 11.5 Å². The van der Waals surface area contributed by atoms with Crippen molar-refractivity contribution in [2.75, 3.05) is 0 Å². The van der Waals surface area contributed by atoms with Gasteiger partial charge in [0.05, 0.1) is 29.3 Å². The molecule has 0 unspecified atom stereocenters. The first kappa shape index (κ1) is 19.3. The Morgan fingerprint density at radius 3 is 2.46 bits per heavy atom. The number of aromatic nitrogens is 2. The number of halogens is 4. The van der Waals surface area contributed by atoms with Crippen molar-refractivity contribution >= 4 is 16.7 Å². The molecule has 28 heavy (non-hydrogen) atoms. The molecule has 0 saturated carbocycles. The molecule has 0 aliphatic carbocycles. The number of para-hydroxylation sites is 1. The number of hydrogen-bond donors (Lipinski definition) is 0. The molecule has 1 aromatic heterocycles. The average Bonchev–Trinajstić information content (AvgIpc) is 2.63. The van der Waals surface area contributed by atoms with E-state index in [2.05, 4.69) is 14.5 Å². The molecule has 2 aromatic carbocycles. The molecule has 0 amide bonds. The summed E-state index contributed by atoms with van der Waals surface area (Å²) in [5.74, 6) is -1.84. The summed E-state index contributed by atoms with van der Waals surface area (Å²) in [7, 11) is 0. The van der Waals surface area contributed by atoms with Crippen LogP contribution in [0.3, 0.4) is 0 Å². The predicted molar refractivity (Wildman–Crippen MR) is 90.0 cm³/mol. The number of Topliss-reactive ketones (excluding diaryl/α,β-unsaturated/α-hetero) is 1. The largest absolute Gasteiger partial charge is 0.435 e. The molecule has 146 valence electrons. The molecule has 0 N–H and O–H groups in total. The summed E-state index contributed by atoms with van der Waals surface area (Å²) in [4.78, 5) is 29.0. The second-order valence-electron chi connectivity index (χ2n) is 5.53. The van der Waals surface area contributed by atoms with E-state index in [1.54, 1.807) is 18.2 Å². The highest BCUT2D eigenvalue weighted by Crippen LogP contribution is 2.28. The quantitative estimate of drug-likeness (QED) is 0.452. The van der Waals surface area contributed by atoms with E-state index >= 15 is 0 Å². The Labute approximate surface area is 154 Å². The fraction of sp³-hybridized carbons (Fsp3) is 0.167. The summed E-state index contributed by atoms with van der Waals surface area (Å²) in [6, 6.07) is 9.27. The molecule has 6 nitrogen and oxygen atoms in total. The molecule has 3 rings (SSSR count). The zero-order chi connectivity index (χ0) is 20.3. The maximum absolute atomic E-state index is 12.6. The van der Waals surface area contributed by atoms with Crippen LogP contribution in [0.2, 0.25) is 0 Å². The van der Waals surface area contributed by atoms with E-state index in [4.69, 9.17) is 0 Å². The molecule has 0 aliphatic heterocycles. The van der Waals surface area contributed by atoms with Gasteiger partial charge in [0.1, 0.15) is 11.5 Å². The minimum atomic E-state index is -3.29. The Kier molecular flexibility index (Phi) is 5.57. The van der Waals surface area contributed by atoms with Crippen LogP contribution >= 0.6 is 0 Å². The van der Waals surface area contributed by atoms with E-state index in [0.29, 0.717) is 5.52 Å². The number of nitrogens with zero attached hydrogens (tertiary/aromatic N) is 2. The van der Waals surface area contributed by atoms with Gasteiger partial charge in [-0.05, 0) is 24.3 Å². The fourth-order valence-electron chi connectivity index (χ4n) is 2.56. The second kappa shape index (κ2) is 8.07. The predicted octanol–water partition coefficient (Wildman–Crippen LogP) is 3.48. The molecule has 3 aromatic rings. The Bertz CT molecular complexity index is 1070. The van der Waals surface area contributed by atoms with E-state index < -0.39 is 42.6 Å². The molecule has 0 fully saturated rings. The number of fused-ring (bicyclic) bond motifs is 1. The average molecular weight is 396 g/mol. The second-order valence-corrected chi connectivity index (χ2v) is 5.53. The van der Waals surface area contributed by atoms with E-state index in [0.717, 1.165) is 29.1 Å². The van der Waals surface area contributed by atoms with Gasteiger partial charge in [0.15, 0.2) is 5.78 Å². The Morgan fingerprint density at radius 2 is 1.75 bits per heavy atom. The zero-order valence-corrected chi connectivity index (χ0v) is 14.0. The SMILES string of the molecule is O=C(Cn1cnc2ccccc2c1=O)c1ccc(OC(F)F)cc1OC(F)F. The van der Waals surface area contributed by atoms with Crippen molar-refractivity contribution in [1.82, 2.24) is 9.55 Å². The Morgan fingerprint density at radius 1 is 1.04 bits per heavy atom. The molecule has 10 heteroatoms. The van der Waals surface area contributed by atoms with Gasteiger partial charge in [-0.15, -0.1) is 0 Å². The van der Waals surface area contributed by atoms with Crippen molar-refractivity contribution in [3.05, 3.63) is 64.7 Å². The molecule has 0 saturated heterocycles. The number of carbonyl (C=O) groups is 1. The van der Waals surface area contributed by atoms with Crippen LogP contribution in [0.1, 0.15) is 10.4 Å². The first-order valence-corrected chi connectivity index (χ1v) is 7.86. The van der Waals surface area contributed by atoms with Crippen molar-refractivity contribution < 1.29 is 31.8 Å². The van der Waals surface area contributed by atoms with Gasteiger partial charge in [-0.3, -0.25) is 14.2 Å². The van der Waals surface area contributed by atoms with E-state index in [1.165, 1.54) is 6.07 Å². The molecule has 0 spiro atoms. The van der Waals surface area contributed by atoms with Gasteiger partial charge in [0.2, 0.25) is 0 Å². The molecule has 0 radical (unpaired) electrons. The number of ketones is 1. The molecule has 1 heterocycles. The van der Waals surface area contributed by atoms with E-state index in [-0.39, 0.29) is 10.9 Å². The number of hydrogen-bond acceptors (Lipinski definition) is 5. The lowest BCUT2D eigenvalue weighted by molar-refractivity contribution is -0.0544. The van der Waals surface area contributed by atoms with Crippen LogP contribution in [0, 0.1) is 0 Å². The highest BCUT2D eigenvalue weighted by Gasteiger charge is 2.19. The van der Waals surface area contributed by atoms with Crippen molar-refractivity contribution in [1.29, 1.82) is 0 Å². The van der Waals surface area contributed by atoms with Crippen LogP contribution < -0.4 is 15.0 Å². The van der Waals surface area contributed by atoms with Gasteiger partial charge < -0.3 is 9.47 Å². The summed E-state index contributed by atoms with van der Waals surface area (Å²) in [5.41, 5.74) is -0.374. The topological polar surface area (TPSA) is 70.4 Å². The summed E-state index contributed by atoms with van der Waals surface area (Å²) in [6.45, 7) is -6.98. The number of benzene rings is 2. The van der Waals surface area contributed by atoms with Crippen molar-refractivity contribution in [3.63, 3.8) is 0 Å². The maximum atomic E-state index is 12.6. The van der Waals surface area contributed by atoms with Crippen LogP contribution in [0.4, 0.5) is 17.6 Å². The lowest BCUT2D eigenvalue weighted by Crippen LogP contribution is -2.25. The van der Waals surface area contributed by atoms with Gasteiger partial charge >= 0.3 is 13.2 Å². The molecule has 0 bridgehead atoms. The van der Waals surface area contributed by atoms with Crippen LogP contribution in [-0.4, -0.2) is 28.6 Å². The van der Waals surface area contributed by atoms with Crippen LogP contribution in [-0.2, 0) is 6.54 Å². The van der Waals surface area contributed by atoms with Crippen molar-refractivity contribution in [2.24, 2.45) is 0 Å². The molecular weight excluding hydrogens is 384 g/mol. The summed E-state index contributed by atoms with van der Waals surface area (Å²) in [5, 5.41) is 0.280. The standard InChI is InChI=1S/C18H12F4N2O4/c19-17(20)27-10-5-6-12(15(7-10)28-18(21)22)14(25)8-24-9-23-13-4-2-1-3-11(13)16(24)26/h1-7,9,17-18H,8H2. The third-order valence-electron chi connectivity index (χ3n) is 3.74. The molecule has 0 atom stereocenters. The van der Waals surface area contributed by atoms with Gasteiger partial charge in [-0.2, -0.15) is 17.6 Å². The minimum absolute atomic E-state index is 0.280. The van der Waals surface area contributed by atoms with Gasteiger partial charge in [-0.1, -0.05) is 12.1 Å². The number of carbonyl (C=O) groups excluding carboxylic acids is 1. The van der Waals surface area contributed by atoms with Crippen molar-refractivity contribution in [2.45, 2.75) is 19.8 Å². The summed E-state index contributed by atoms with van der Waals surface area (Å²) in [6.07, 6.45) is 1.16. The fourth-order valence-corrected chi connectivity index (χ4v) is 2.56. The first-order chi connectivity index (χ1) is 13.3. The minimum Gasteiger partial charge on any atom is -0.435 e. The highest BCUT2D eigenvalue weighted by molar-refractivity contribution is 5.98. The lowest BCUT2D eigenvalue weighted by Gasteiger charge is -2.13.